The molecule has 0 unspecified atom stereocenters. The Labute approximate surface area is 214 Å². The van der Waals surface area contributed by atoms with Crippen molar-refractivity contribution >= 4 is 23.2 Å². The molecule has 1 aliphatic carbocycles. The number of nitrogens with one attached hydrogen (secondary N) is 2. The first kappa shape index (κ1) is 23.7. The van der Waals surface area contributed by atoms with Crippen molar-refractivity contribution in [3.05, 3.63) is 41.7 Å². The molecule has 36 heavy (non-hydrogen) atoms. The Morgan fingerprint density at radius 2 is 1.75 bits per heavy atom. The largest absolute Gasteiger partial charge is 0.364 e. The fraction of sp³-hybridized carbons (Fsp3) is 0.607. The summed E-state index contributed by atoms with van der Waals surface area (Å²) in [5, 5.41) is 6.95. The summed E-state index contributed by atoms with van der Waals surface area (Å²) in [5.41, 5.74) is 8.13. The lowest BCUT2D eigenvalue weighted by atomic mass is 9.88. The average molecular weight is 490 g/mol. The van der Waals surface area contributed by atoms with Crippen molar-refractivity contribution in [2.24, 2.45) is 5.73 Å². The molecule has 3 aliphatic heterocycles. The number of fused-ring (bicyclic) bond motifs is 1. The van der Waals surface area contributed by atoms with Gasteiger partial charge < -0.3 is 26.2 Å². The van der Waals surface area contributed by atoms with E-state index in [9.17, 15) is 4.79 Å². The van der Waals surface area contributed by atoms with Gasteiger partial charge in [0.2, 0.25) is 0 Å². The van der Waals surface area contributed by atoms with Gasteiger partial charge in [-0.15, -0.1) is 0 Å². The Kier molecular flexibility index (Phi) is 6.80. The van der Waals surface area contributed by atoms with Gasteiger partial charge in [-0.25, -0.2) is 9.97 Å². The molecule has 2 atom stereocenters. The molecule has 3 saturated heterocycles. The van der Waals surface area contributed by atoms with Gasteiger partial charge in [0, 0.05) is 30.4 Å². The Hall–Kier alpha value is -2.71. The summed E-state index contributed by atoms with van der Waals surface area (Å²) in [6.45, 7) is 4.43. The minimum Gasteiger partial charge on any atom is -0.364 e. The van der Waals surface area contributed by atoms with Gasteiger partial charge in [-0.1, -0.05) is 25.0 Å². The smallest absolute Gasteiger partial charge is 0.271 e. The molecule has 2 aromatic rings. The van der Waals surface area contributed by atoms with Crippen LogP contribution in [-0.4, -0.2) is 65.1 Å². The molecule has 8 heteroatoms. The zero-order chi connectivity index (χ0) is 24.5. The molecule has 0 bridgehead atoms. The maximum Gasteiger partial charge on any atom is 0.271 e. The standard InChI is InChI=1S/C28H39N7O/c29-27(36)26-28(33-25(18-31-26)35-15-3-6-23-24(35)11-14-30-23)32-21-9-7-19(8-10-21)20-12-16-34(17-13-20)22-4-1-2-5-22/h7-10,18,20,22-24,30H,1-6,11-17H2,(H2,29,36)(H,32,33)/t23-,24-/m1/s1. The highest BCUT2D eigenvalue weighted by molar-refractivity contribution is 5.96. The highest BCUT2D eigenvalue weighted by Crippen LogP contribution is 2.34. The Morgan fingerprint density at radius 1 is 0.972 bits per heavy atom. The summed E-state index contributed by atoms with van der Waals surface area (Å²) >= 11 is 0. The number of carbonyl (C=O) groups is 1. The Balaban J connectivity index is 1.15. The first-order valence-electron chi connectivity index (χ1n) is 13.9. The van der Waals surface area contributed by atoms with Crippen molar-refractivity contribution in [3.63, 3.8) is 0 Å². The molecule has 8 nitrogen and oxygen atoms in total. The predicted molar refractivity (Wildman–Crippen MR) is 143 cm³/mol. The van der Waals surface area contributed by atoms with Crippen molar-refractivity contribution < 1.29 is 4.79 Å². The van der Waals surface area contributed by atoms with E-state index in [0.717, 1.165) is 43.5 Å². The van der Waals surface area contributed by atoms with Gasteiger partial charge in [0.25, 0.3) is 5.91 Å². The lowest BCUT2D eigenvalue weighted by Gasteiger charge is -2.38. The van der Waals surface area contributed by atoms with Crippen LogP contribution in [0.1, 0.15) is 79.8 Å². The zero-order valence-corrected chi connectivity index (χ0v) is 21.2. The van der Waals surface area contributed by atoms with E-state index in [-0.39, 0.29) is 5.69 Å². The summed E-state index contributed by atoms with van der Waals surface area (Å²) in [5.74, 6) is 1.30. The van der Waals surface area contributed by atoms with Crippen LogP contribution in [0.15, 0.2) is 30.5 Å². The summed E-state index contributed by atoms with van der Waals surface area (Å²) < 4.78 is 0. The SMILES string of the molecule is NC(=O)c1ncc(N2CCC[C@H]3NCC[C@H]32)nc1Nc1ccc(C2CCN(C3CCCC3)CC2)cc1. The van der Waals surface area contributed by atoms with Crippen LogP contribution in [0, 0.1) is 0 Å². The van der Waals surface area contributed by atoms with Gasteiger partial charge >= 0.3 is 0 Å². The summed E-state index contributed by atoms with van der Waals surface area (Å²) in [6.07, 6.45) is 13.2. The van der Waals surface area contributed by atoms with E-state index in [2.05, 4.69) is 49.7 Å². The van der Waals surface area contributed by atoms with Crippen LogP contribution in [0.5, 0.6) is 0 Å². The first-order chi connectivity index (χ1) is 17.7. The molecule has 1 aromatic heterocycles. The van der Waals surface area contributed by atoms with Gasteiger partial charge in [-0.05, 0) is 88.2 Å². The number of hydrogen-bond acceptors (Lipinski definition) is 7. The van der Waals surface area contributed by atoms with E-state index in [0.29, 0.717) is 23.8 Å². The number of hydrogen-bond donors (Lipinski definition) is 3. The molecule has 4 N–H and O–H groups in total. The van der Waals surface area contributed by atoms with E-state index in [4.69, 9.17) is 10.7 Å². The van der Waals surface area contributed by atoms with Crippen molar-refractivity contribution in [3.8, 4) is 0 Å². The second-order valence-corrected chi connectivity index (χ2v) is 11.0. The number of nitrogens with zero attached hydrogens (tertiary/aromatic N) is 4. The van der Waals surface area contributed by atoms with Crippen molar-refractivity contribution in [2.75, 3.05) is 36.4 Å². The zero-order valence-electron chi connectivity index (χ0n) is 21.2. The molecule has 4 aliphatic rings. The number of anilines is 3. The van der Waals surface area contributed by atoms with Crippen LogP contribution >= 0.6 is 0 Å². The number of nitrogens with two attached hydrogens (primary N) is 1. The normalized spacial score (nSPS) is 25.7. The van der Waals surface area contributed by atoms with Crippen molar-refractivity contribution in [1.29, 1.82) is 0 Å². The number of likely N-dealkylation sites (tertiary alicyclic amines) is 1. The predicted octanol–water partition coefficient (Wildman–Crippen LogP) is 3.77. The third-order valence-corrected chi connectivity index (χ3v) is 8.93. The third-order valence-electron chi connectivity index (χ3n) is 8.93. The van der Waals surface area contributed by atoms with Gasteiger partial charge in [0.05, 0.1) is 6.20 Å². The number of amides is 1. The molecule has 192 valence electrons. The average Bonchev–Trinajstić information content (AvgIpc) is 3.62. The maximum absolute atomic E-state index is 12.1. The highest BCUT2D eigenvalue weighted by atomic mass is 16.1. The monoisotopic (exact) mass is 489 g/mol. The lowest BCUT2D eigenvalue weighted by molar-refractivity contribution is 0.0996. The van der Waals surface area contributed by atoms with E-state index >= 15 is 0 Å². The Morgan fingerprint density at radius 3 is 2.50 bits per heavy atom. The number of benzene rings is 1. The fourth-order valence-corrected chi connectivity index (χ4v) is 6.98. The molecule has 4 heterocycles. The summed E-state index contributed by atoms with van der Waals surface area (Å²) in [4.78, 5) is 26.5. The molecule has 1 aromatic carbocycles. The fourth-order valence-electron chi connectivity index (χ4n) is 6.98. The molecule has 4 fully saturated rings. The first-order valence-corrected chi connectivity index (χ1v) is 13.9. The maximum atomic E-state index is 12.1. The summed E-state index contributed by atoms with van der Waals surface area (Å²) in [6, 6.07) is 10.4. The van der Waals surface area contributed by atoms with Crippen LogP contribution in [0.25, 0.3) is 0 Å². The molecular formula is C28H39N7O. The molecule has 6 rings (SSSR count). The van der Waals surface area contributed by atoms with Crippen LogP contribution in [0.3, 0.4) is 0 Å². The molecule has 1 amide bonds. The van der Waals surface area contributed by atoms with Gasteiger partial charge in [-0.3, -0.25) is 4.79 Å². The molecule has 0 radical (unpaired) electrons. The number of aromatic nitrogens is 2. The van der Waals surface area contributed by atoms with Gasteiger partial charge in [0.1, 0.15) is 5.82 Å². The minimum atomic E-state index is -0.568. The number of primary amides is 1. The number of rotatable bonds is 6. The van der Waals surface area contributed by atoms with Crippen LogP contribution in [0.4, 0.5) is 17.3 Å². The highest BCUT2D eigenvalue weighted by Gasteiger charge is 2.36. The number of carbonyl (C=O) groups excluding carboxylic acids is 1. The van der Waals surface area contributed by atoms with E-state index in [1.807, 2.05) is 0 Å². The molecule has 0 spiro atoms. The molecule has 1 saturated carbocycles. The van der Waals surface area contributed by atoms with Crippen LogP contribution < -0.4 is 21.3 Å². The number of piperidine rings is 2. The summed E-state index contributed by atoms with van der Waals surface area (Å²) in [7, 11) is 0. The van der Waals surface area contributed by atoms with E-state index < -0.39 is 5.91 Å². The second-order valence-electron chi connectivity index (χ2n) is 11.0. The van der Waals surface area contributed by atoms with E-state index in [1.54, 1.807) is 6.20 Å². The molecular weight excluding hydrogens is 450 g/mol. The van der Waals surface area contributed by atoms with Gasteiger partial charge in [0.15, 0.2) is 11.5 Å². The van der Waals surface area contributed by atoms with Crippen molar-refractivity contribution in [2.45, 2.75) is 81.8 Å². The van der Waals surface area contributed by atoms with Gasteiger partial charge in [-0.2, -0.15) is 0 Å². The van der Waals surface area contributed by atoms with Crippen LogP contribution in [-0.2, 0) is 0 Å². The third kappa shape index (κ3) is 4.81. The van der Waals surface area contributed by atoms with Crippen molar-refractivity contribution in [1.82, 2.24) is 20.2 Å². The second kappa shape index (κ2) is 10.3. The van der Waals surface area contributed by atoms with Crippen LogP contribution in [0.2, 0.25) is 0 Å². The topological polar surface area (TPSA) is 99.4 Å². The quantitative estimate of drug-likeness (QED) is 0.568. The minimum absolute atomic E-state index is 0.181. The lowest BCUT2D eigenvalue weighted by Crippen LogP contribution is -2.49. The van der Waals surface area contributed by atoms with E-state index in [1.165, 1.54) is 63.6 Å². The Bertz CT molecular complexity index is 1060.